The maximum atomic E-state index is 12.3. The number of nitrogens with zero attached hydrogens (tertiary/aromatic N) is 2. The first-order valence-electron chi connectivity index (χ1n) is 10.7. The van der Waals surface area contributed by atoms with Gasteiger partial charge >= 0.3 is 0 Å². The SMILES string of the molecule is [CH2]C(CCN1CCC(N(C(C)=O)C2CCCCC2)CC1)c1ccc(Cl)c(Cl)c1. The molecule has 2 fully saturated rings. The Morgan fingerprint density at radius 2 is 1.75 bits per heavy atom. The predicted octanol–water partition coefficient (Wildman–Crippen LogP) is 5.95. The van der Waals surface area contributed by atoms with Crippen LogP contribution in [-0.4, -0.2) is 47.4 Å². The number of piperidine rings is 1. The van der Waals surface area contributed by atoms with Crippen molar-refractivity contribution in [3.8, 4) is 0 Å². The second-order valence-corrected chi connectivity index (χ2v) is 9.26. The summed E-state index contributed by atoms with van der Waals surface area (Å²) in [5.41, 5.74) is 1.14. The smallest absolute Gasteiger partial charge is 0.219 e. The number of rotatable bonds is 6. The van der Waals surface area contributed by atoms with Gasteiger partial charge in [-0.2, -0.15) is 0 Å². The Morgan fingerprint density at radius 1 is 1.11 bits per heavy atom. The van der Waals surface area contributed by atoms with E-state index in [-0.39, 0.29) is 11.8 Å². The van der Waals surface area contributed by atoms with E-state index in [4.69, 9.17) is 23.2 Å². The standard InChI is InChI=1S/C23H33Cl2N2O/c1-17(19-8-9-22(24)23(25)16-19)10-13-26-14-11-21(12-15-26)27(18(2)28)20-6-4-3-5-7-20/h8-9,16-17,20-21H,1,3-7,10-15H2,2H3. The van der Waals surface area contributed by atoms with Crippen molar-refractivity contribution in [2.75, 3.05) is 19.6 Å². The summed E-state index contributed by atoms with van der Waals surface area (Å²) in [7, 11) is 0. The highest BCUT2D eigenvalue weighted by atomic mass is 35.5. The van der Waals surface area contributed by atoms with Crippen LogP contribution in [0.3, 0.4) is 0 Å². The molecule has 155 valence electrons. The molecule has 0 N–H and O–H groups in total. The molecule has 2 aliphatic rings. The molecule has 1 aromatic rings. The molecule has 1 saturated heterocycles. The van der Waals surface area contributed by atoms with Crippen LogP contribution >= 0.6 is 23.2 Å². The zero-order chi connectivity index (χ0) is 20.1. The third-order valence-electron chi connectivity index (χ3n) is 6.49. The molecule has 1 unspecified atom stereocenters. The molecule has 1 aliphatic carbocycles. The van der Waals surface area contributed by atoms with Gasteiger partial charge in [-0.05, 0) is 69.2 Å². The lowest BCUT2D eigenvalue weighted by Gasteiger charge is -2.43. The number of amides is 1. The summed E-state index contributed by atoms with van der Waals surface area (Å²) in [6, 6.07) is 6.70. The number of likely N-dealkylation sites (tertiary alicyclic amines) is 1. The van der Waals surface area contributed by atoms with Gasteiger partial charge in [0.05, 0.1) is 10.0 Å². The minimum absolute atomic E-state index is 0.212. The minimum Gasteiger partial charge on any atom is -0.337 e. The molecule has 28 heavy (non-hydrogen) atoms. The van der Waals surface area contributed by atoms with Crippen molar-refractivity contribution in [2.24, 2.45) is 0 Å². The van der Waals surface area contributed by atoms with Gasteiger partial charge in [0.2, 0.25) is 5.91 Å². The molecule has 1 heterocycles. The lowest BCUT2D eigenvalue weighted by atomic mass is 9.91. The average molecular weight is 424 g/mol. The summed E-state index contributed by atoms with van der Waals surface area (Å²) in [6.45, 7) is 9.23. The van der Waals surface area contributed by atoms with E-state index in [1.807, 2.05) is 18.2 Å². The Bertz CT molecular complexity index is 652. The summed E-state index contributed by atoms with van der Waals surface area (Å²) < 4.78 is 0. The predicted molar refractivity (Wildman–Crippen MR) is 118 cm³/mol. The van der Waals surface area contributed by atoms with Gasteiger partial charge < -0.3 is 9.80 Å². The maximum Gasteiger partial charge on any atom is 0.219 e. The van der Waals surface area contributed by atoms with E-state index in [0.717, 1.165) is 44.5 Å². The van der Waals surface area contributed by atoms with Gasteiger partial charge in [0.1, 0.15) is 0 Å². The van der Waals surface area contributed by atoms with E-state index >= 15 is 0 Å². The fourth-order valence-corrected chi connectivity index (χ4v) is 5.17. The quantitative estimate of drug-likeness (QED) is 0.564. The first kappa shape index (κ1) is 21.9. The Morgan fingerprint density at radius 3 is 2.36 bits per heavy atom. The van der Waals surface area contributed by atoms with Crippen molar-refractivity contribution in [3.05, 3.63) is 40.7 Å². The topological polar surface area (TPSA) is 23.6 Å². The Hall–Kier alpha value is -0.770. The molecule has 1 aliphatic heterocycles. The molecule has 5 heteroatoms. The Labute approximate surface area is 180 Å². The van der Waals surface area contributed by atoms with Crippen molar-refractivity contribution in [3.63, 3.8) is 0 Å². The first-order valence-corrected chi connectivity index (χ1v) is 11.5. The minimum atomic E-state index is 0.212. The zero-order valence-corrected chi connectivity index (χ0v) is 18.5. The highest BCUT2D eigenvalue weighted by molar-refractivity contribution is 6.42. The van der Waals surface area contributed by atoms with E-state index in [1.54, 1.807) is 6.92 Å². The summed E-state index contributed by atoms with van der Waals surface area (Å²) in [4.78, 5) is 17.1. The number of carbonyl (C=O) groups excluding carboxylic acids is 1. The molecule has 3 rings (SSSR count). The zero-order valence-electron chi connectivity index (χ0n) is 17.0. The summed E-state index contributed by atoms with van der Waals surface area (Å²) in [5.74, 6) is 0.478. The van der Waals surface area contributed by atoms with Crippen LogP contribution in [0.2, 0.25) is 10.0 Å². The van der Waals surface area contributed by atoms with E-state index in [0.29, 0.717) is 22.1 Å². The van der Waals surface area contributed by atoms with E-state index < -0.39 is 0 Å². The lowest BCUT2D eigenvalue weighted by Crippen LogP contribution is -2.51. The van der Waals surface area contributed by atoms with Crippen LogP contribution in [0, 0.1) is 6.92 Å². The lowest BCUT2D eigenvalue weighted by molar-refractivity contribution is -0.135. The van der Waals surface area contributed by atoms with Gasteiger partial charge in [-0.1, -0.05) is 48.5 Å². The molecule has 0 bridgehead atoms. The van der Waals surface area contributed by atoms with E-state index in [1.165, 1.54) is 32.1 Å². The van der Waals surface area contributed by atoms with Gasteiger partial charge in [-0.15, -0.1) is 0 Å². The maximum absolute atomic E-state index is 12.3. The third-order valence-corrected chi connectivity index (χ3v) is 7.23. The summed E-state index contributed by atoms with van der Waals surface area (Å²) >= 11 is 12.2. The molecule has 0 aromatic heterocycles. The average Bonchev–Trinajstić information content (AvgIpc) is 2.70. The van der Waals surface area contributed by atoms with Crippen LogP contribution in [-0.2, 0) is 4.79 Å². The second-order valence-electron chi connectivity index (χ2n) is 8.45. The molecule has 3 nitrogen and oxygen atoms in total. The summed E-state index contributed by atoms with van der Waals surface area (Å²) in [5, 5.41) is 1.19. The van der Waals surface area contributed by atoms with Gasteiger partial charge in [0, 0.05) is 32.1 Å². The molecule has 1 amide bonds. The van der Waals surface area contributed by atoms with Crippen molar-refractivity contribution < 1.29 is 4.79 Å². The second kappa shape index (κ2) is 10.3. The molecule has 1 radical (unpaired) electrons. The van der Waals surface area contributed by atoms with Gasteiger partial charge in [-0.25, -0.2) is 0 Å². The van der Waals surface area contributed by atoms with Gasteiger partial charge in [0.15, 0.2) is 0 Å². The van der Waals surface area contributed by atoms with Crippen LogP contribution in [0.15, 0.2) is 18.2 Å². The first-order chi connectivity index (χ1) is 13.5. The molecule has 1 atom stereocenters. The molecular formula is C23H33Cl2N2O. The fourth-order valence-electron chi connectivity index (χ4n) is 4.86. The fraction of sp³-hybridized carbons (Fsp3) is 0.652. The number of halogens is 2. The van der Waals surface area contributed by atoms with Crippen LogP contribution in [0.1, 0.15) is 69.8 Å². The summed E-state index contributed by atoms with van der Waals surface area (Å²) in [6.07, 6.45) is 9.42. The van der Waals surface area contributed by atoms with Crippen molar-refractivity contribution >= 4 is 29.1 Å². The van der Waals surface area contributed by atoms with E-state index in [2.05, 4.69) is 16.7 Å². The van der Waals surface area contributed by atoms with Crippen molar-refractivity contribution in [1.82, 2.24) is 9.80 Å². The highest BCUT2D eigenvalue weighted by Crippen LogP contribution is 2.30. The number of benzene rings is 1. The third kappa shape index (κ3) is 5.64. The monoisotopic (exact) mass is 423 g/mol. The molecule has 1 saturated carbocycles. The van der Waals surface area contributed by atoms with Crippen LogP contribution in [0.4, 0.5) is 0 Å². The van der Waals surface area contributed by atoms with Gasteiger partial charge in [-0.3, -0.25) is 4.79 Å². The number of carbonyl (C=O) groups is 1. The van der Waals surface area contributed by atoms with E-state index in [9.17, 15) is 4.79 Å². The Balaban J connectivity index is 1.47. The van der Waals surface area contributed by atoms with Crippen LogP contribution in [0.25, 0.3) is 0 Å². The Kier molecular flexibility index (Phi) is 8.08. The molecular weight excluding hydrogens is 391 g/mol. The number of hydrogen-bond acceptors (Lipinski definition) is 2. The highest BCUT2D eigenvalue weighted by Gasteiger charge is 2.32. The normalized spacial score (nSPS) is 20.9. The van der Waals surface area contributed by atoms with Crippen molar-refractivity contribution in [2.45, 2.75) is 76.3 Å². The number of hydrogen-bond donors (Lipinski definition) is 0. The van der Waals surface area contributed by atoms with Crippen LogP contribution < -0.4 is 0 Å². The largest absolute Gasteiger partial charge is 0.337 e. The van der Waals surface area contributed by atoms with Gasteiger partial charge in [0.25, 0.3) is 0 Å². The van der Waals surface area contributed by atoms with Crippen LogP contribution in [0.5, 0.6) is 0 Å². The molecule has 1 aromatic carbocycles. The molecule has 0 spiro atoms. The van der Waals surface area contributed by atoms with Crippen molar-refractivity contribution in [1.29, 1.82) is 0 Å².